The first kappa shape index (κ1) is 6.21. The van der Waals surface area contributed by atoms with Crippen molar-refractivity contribution in [1.29, 1.82) is 5.41 Å². The van der Waals surface area contributed by atoms with Crippen molar-refractivity contribution in [3.05, 3.63) is 12.7 Å². The van der Waals surface area contributed by atoms with Gasteiger partial charge >= 0.3 is 0 Å². The quantitative estimate of drug-likeness (QED) is 0.309. The Morgan fingerprint density at radius 1 is 2.00 bits per heavy atom. The molecule has 0 aliphatic carbocycles. The summed E-state index contributed by atoms with van der Waals surface area (Å²) in [5.74, 6) is 0.0509. The van der Waals surface area contributed by atoms with Gasteiger partial charge in [-0.3, -0.25) is 5.41 Å². The van der Waals surface area contributed by atoms with Gasteiger partial charge in [0.05, 0.1) is 5.16 Å². The van der Waals surface area contributed by atoms with Crippen molar-refractivity contribution >= 4 is 23.2 Å². The molecule has 0 radical (unpaired) electrons. The van der Waals surface area contributed by atoms with Crippen molar-refractivity contribution in [2.45, 2.75) is 0 Å². The Kier molecular flexibility index (Phi) is 3.02. The van der Waals surface area contributed by atoms with Gasteiger partial charge in [-0.15, -0.1) is 0 Å². The maximum atomic E-state index is 6.72. The number of hydrogen-bond donors (Lipinski definition) is 1. The standard InChI is InChI=1S/C4H4N2S/c1-2-4(5)6-3-7/h2,5H,1H2. The predicted octanol–water partition coefficient (Wildman–Crippen LogP) is 1.25. The van der Waals surface area contributed by atoms with E-state index < -0.39 is 0 Å². The number of nitrogens with zero attached hydrogens (tertiary/aromatic N) is 1. The molecule has 0 saturated heterocycles. The summed E-state index contributed by atoms with van der Waals surface area (Å²) in [7, 11) is 0. The molecule has 0 aliphatic heterocycles. The summed E-state index contributed by atoms with van der Waals surface area (Å²) in [4.78, 5) is 3.27. The Labute approximate surface area is 47.1 Å². The molecule has 0 heterocycles. The minimum atomic E-state index is 0.0509. The number of nitrogens with one attached hydrogen (secondary N) is 1. The van der Waals surface area contributed by atoms with Crippen LogP contribution in [0, 0.1) is 5.41 Å². The van der Waals surface area contributed by atoms with Gasteiger partial charge < -0.3 is 0 Å². The lowest BCUT2D eigenvalue weighted by Crippen LogP contribution is -1.78. The van der Waals surface area contributed by atoms with Crippen molar-refractivity contribution in [3.8, 4) is 0 Å². The van der Waals surface area contributed by atoms with Crippen LogP contribution in [-0.4, -0.2) is 11.0 Å². The monoisotopic (exact) mass is 112 g/mol. The fourth-order valence-corrected chi connectivity index (χ4v) is 0.193. The average molecular weight is 112 g/mol. The van der Waals surface area contributed by atoms with E-state index in [2.05, 4.69) is 23.8 Å². The number of isothiocyanates is 1. The van der Waals surface area contributed by atoms with Crippen LogP contribution in [0.1, 0.15) is 0 Å². The van der Waals surface area contributed by atoms with Crippen molar-refractivity contribution in [2.75, 3.05) is 0 Å². The highest BCUT2D eigenvalue weighted by Crippen LogP contribution is 1.70. The number of aliphatic imine (C=N–C) groups is 1. The number of rotatable bonds is 1. The topological polar surface area (TPSA) is 36.2 Å². The van der Waals surface area contributed by atoms with Crippen molar-refractivity contribution in [3.63, 3.8) is 0 Å². The van der Waals surface area contributed by atoms with Gasteiger partial charge in [-0.2, -0.15) is 4.99 Å². The van der Waals surface area contributed by atoms with E-state index >= 15 is 0 Å². The lowest BCUT2D eigenvalue weighted by Gasteiger charge is -1.73. The first-order valence-electron chi connectivity index (χ1n) is 1.60. The van der Waals surface area contributed by atoms with Crippen LogP contribution in [0.3, 0.4) is 0 Å². The first-order valence-corrected chi connectivity index (χ1v) is 2.01. The fourth-order valence-electron chi connectivity index (χ4n) is 0.0948. The Bertz CT molecular complexity index is 133. The van der Waals surface area contributed by atoms with E-state index in [1.165, 1.54) is 6.08 Å². The third kappa shape index (κ3) is 3.03. The summed E-state index contributed by atoms with van der Waals surface area (Å²) >= 11 is 4.19. The second-order valence-corrected chi connectivity index (χ2v) is 0.975. The molecular formula is C4H4N2S. The summed E-state index contributed by atoms with van der Waals surface area (Å²) < 4.78 is 0. The van der Waals surface area contributed by atoms with Gasteiger partial charge in [-0.05, 0) is 18.3 Å². The minimum absolute atomic E-state index is 0.0509. The van der Waals surface area contributed by atoms with Crippen molar-refractivity contribution in [2.24, 2.45) is 4.99 Å². The highest BCUT2D eigenvalue weighted by atomic mass is 32.1. The van der Waals surface area contributed by atoms with E-state index in [0.717, 1.165) is 0 Å². The van der Waals surface area contributed by atoms with Gasteiger partial charge in [-0.1, -0.05) is 6.58 Å². The number of thiocarbonyl (C=S) groups is 1. The molecule has 0 aromatic rings. The molecule has 0 saturated carbocycles. The van der Waals surface area contributed by atoms with Gasteiger partial charge in [-0.25, -0.2) is 0 Å². The van der Waals surface area contributed by atoms with E-state index in [4.69, 9.17) is 5.41 Å². The molecule has 0 rings (SSSR count). The van der Waals surface area contributed by atoms with E-state index in [1.54, 1.807) is 0 Å². The first-order chi connectivity index (χ1) is 3.31. The van der Waals surface area contributed by atoms with Gasteiger partial charge in [0.15, 0.2) is 5.84 Å². The molecule has 0 atom stereocenters. The summed E-state index contributed by atoms with van der Waals surface area (Å²) in [6, 6.07) is 0. The highest BCUT2D eigenvalue weighted by molar-refractivity contribution is 7.78. The predicted molar refractivity (Wildman–Crippen MR) is 32.9 cm³/mol. The Morgan fingerprint density at radius 2 is 2.57 bits per heavy atom. The molecule has 0 amide bonds. The average Bonchev–Trinajstić information content (AvgIpc) is 1.68. The second-order valence-electron chi connectivity index (χ2n) is 0.792. The van der Waals surface area contributed by atoms with E-state index in [9.17, 15) is 0 Å². The molecule has 0 aromatic heterocycles. The Morgan fingerprint density at radius 3 is 2.71 bits per heavy atom. The molecule has 7 heavy (non-hydrogen) atoms. The van der Waals surface area contributed by atoms with Crippen LogP contribution in [0.2, 0.25) is 0 Å². The largest absolute Gasteiger partial charge is 0.282 e. The molecule has 0 unspecified atom stereocenters. The highest BCUT2D eigenvalue weighted by Gasteiger charge is 1.73. The molecule has 1 N–H and O–H groups in total. The smallest absolute Gasteiger partial charge is 0.154 e. The summed E-state index contributed by atoms with van der Waals surface area (Å²) in [6.45, 7) is 3.27. The zero-order valence-corrected chi connectivity index (χ0v) is 4.46. The molecule has 3 heteroatoms. The minimum Gasteiger partial charge on any atom is -0.282 e. The SMILES string of the molecule is C=CC(=N)N=C=S. The van der Waals surface area contributed by atoms with Crippen LogP contribution in [0.4, 0.5) is 0 Å². The zero-order valence-electron chi connectivity index (χ0n) is 3.64. The zero-order chi connectivity index (χ0) is 5.70. The molecule has 36 valence electrons. The molecule has 0 aliphatic rings. The summed E-state index contributed by atoms with van der Waals surface area (Å²) in [5.41, 5.74) is 0. The lowest BCUT2D eigenvalue weighted by atomic mass is 10.6. The second kappa shape index (κ2) is 3.40. The van der Waals surface area contributed by atoms with E-state index in [-0.39, 0.29) is 5.84 Å². The third-order valence-corrected chi connectivity index (χ3v) is 0.451. The van der Waals surface area contributed by atoms with Crippen molar-refractivity contribution in [1.82, 2.24) is 0 Å². The Hall–Kier alpha value is -0.790. The van der Waals surface area contributed by atoms with Crippen LogP contribution >= 0.6 is 12.2 Å². The maximum absolute atomic E-state index is 6.72. The van der Waals surface area contributed by atoms with Gasteiger partial charge in [0.1, 0.15) is 0 Å². The van der Waals surface area contributed by atoms with Crippen LogP contribution < -0.4 is 0 Å². The molecule has 0 fully saturated rings. The van der Waals surface area contributed by atoms with E-state index in [0.29, 0.717) is 0 Å². The van der Waals surface area contributed by atoms with E-state index in [1.807, 2.05) is 5.16 Å². The third-order valence-electron chi connectivity index (χ3n) is 0.359. The van der Waals surface area contributed by atoms with Crippen LogP contribution in [-0.2, 0) is 0 Å². The van der Waals surface area contributed by atoms with Crippen LogP contribution in [0.5, 0.6) is 0 Å². The molecule has 2 nitrogen and oxygen atoms in total. The van der Waals surface area contributed by atoms with Gasteiger partial charge in [0.25, 0.3) is 0 Å². The molecular weight excluding hydrogens is 108 g/mol. The molecule has 0 spiro atoms. The van der Waals surface area contributed by atoms with Crippen LogP contribution in [0.25, 0.3) is 0 Å². The lowest BCUT2D eigenvalue weighted by molar-refractivity contribution is 1.47. The maximum Gasteiger partial charge on any atom is 0.154 e. The Balaban J connectivity index is 3.82. The normalized spacial score (nSPS) is 6.29. The molecule has 0 aromatic carbocycles. The number of amidine groups is 1. The van der Waals surface area contributed by atoms with Crippen LogP contribution in [0.15, 0.2) is 17.6 Å². The summed E-state index contributed by atoms with van der Waals surface area (Å²) in [5, 5.41) is 8.75. The number of hydrogen-bond acceptors (Lipinski definition) is 2. The van der Waals surface area contributed by atoms with Gasteiger partial charge in [0, 0.05) is 0 Å². The summed E-state index contributed by atoms with van der Waals surface area (Å²) in [6.07, 6.45) is 1.29. The van der Waals surface area contributed by atoms with Crippen molar-refractivity contribution < 1.29 is 0 Å². The fraction of sp³-hybridized carbons (Fsp3) is 0. The van der Waals surface area contributed by atoms with Gasteiger partial charge in [0.2, 0.25) is 0 Å². The molecule has 0 bridgehead atoms.